The molecule has 6 nitrogen and oxygen atoms in total. The monoisotopic (exact) mass is 828 g/mol. The first kappa shape index (κ1) is 56.8. The molecule has 0 aliphatic heterocycles. The Morgan fingerprint density at radius 1 is 0.508 bits per heavy atom. The number of carbonyl (C=O) groups excluding carboxylic acids is 2. The van der Waals surface area contributed by atoms with Gasteiger partial charge in [-0.2, -0.15) is 0 Å². The van der Waals surface area contributed by atoms with Crippen LogP contribution in [-0.4, -0.2) is 46.9 Å². The topological polar surface area (TPSA) is 95.9 Å². The molecule has 0 rings (SSSR count). The van der Waals surface area contributed by atoms with Crippen LogP contribution in [0.4, 0.5) is 0 Å². The van der Waals surface area contributed by atoms with Crippen molar-refractivity contribution >= 4 is 11.9 Å². The van der Waals surface area contributed by atoms with Crippen LogP contribution in [0.3, 0.4) is 0 Å². The fourth-order valence-corrected chi connectivity index (χ4v) is 7.53. The highest BCUT2D eigenvalue weighted by atomic mass is 16.5. The Kier molecular flexibility index (Phi) is 45.1. The Labute approximate surface area is 366 Å². The van der Waals surface area contributed by atoms with Crippen LogP contribution in [0.25, 0.3) is 0 Å². The summed E-state index contributed by atoms with van der Waals surface area (Å²) in [7, 11) is 0. The van der Waals surface area contributed by atoms with Gasteiger partial charge in [0.2, 0.25) is 5.91 Å². The number of ether oxygens (including phenoxy) is 1. The number of aliphatic hydroxyl groups excluding tert-OH is 2. The molecule has 59 heavy (non-hydrogen) atoms. The number of rotatable bonds is 45. The van der Waals surface area contributed by atoms with Crippen LogP contribution in [0, 0.1) is 0 Å². The number of unbranched alkanes of at least 4 members (excludes halogenated alkanes) is 26. The Balaban J connectivity index is 4.65. The lowest BCUT2D eigenvalue weighted by molar-refractivity contribution is -0.150. The molecular weight excluding hydrogens is 731 g/mol. The summed E-state index contributed by atoms with van der Waals surface area (Å²) in [6.07, 6.45) is 56.0. The van der Waals surface area contributed by atoms with Crippen molar-refractivity contribution in [1.82, 2.24) is 5.32 Å². The van der Waals surface area contributed by atoms with Crippen LogP contribution in [0.15, 0.2) is 48.6 Å². The van der Waals surface area contributed by atoms with Crippen molar-refractivity contribution in [3.63, 3.8) is 0 Å². The predicted octanol–water partition coefficient (Wildman–Crippen LogP) is 15.1. The molecular formula is C53H97NO5. The highest BCUT2D eigenvalue weighted by Gasteiger charge is 2.24. The van der Waals surface area contributed by atoms with Crippen LogP contribution in [0.2, 0.25) is 0 Å². The molecule has 0 spiro atoms. The van der Waals surface area contributed by atoms with Crippen molar-refractivity contribution in [2.45, 2.75) is 270 Å². The van der Waals surface area contributed by atoms with Gasteiger partial charge < -0.3 is 20.3 Å². The van der Waals surface area contributed by atoms with Gasteiger partial charge in [0.15, 0.2) is 0 Å². The molecule has 0 radical (unpaired) electrons. The van der Waals surface area contributed by atoms with Gasteiger partial charge in [-0.1, -0.05) is 217 Å². The van der Waals surface area contributed by atoms with E-state index in [1.54, 1.807) is 0 Å². The second kappa shape index (κ2) is 46.9. The van der Waals surface area contributed by atoms with Gasteiger partial charge in [0.05, 0.1) is 25.2 Å². The van der Waals surface area contributed by atoms with Crippen LogP contribution < -0.4 is 5.32 Å². The van der Waals surface area contributed by atoms with Crippen LogP contribution >= 0.6 is 0 Å². The number of nitrogens with one attached hydrogen (secondary N) is 1. The summed E-state index contributed by atoms with van der Waals surface area (Å²) in [5, 5.41) is 23.7. The molecule has 0 heterocycles. The second-order valence-corrected chi connectivity index (χ2v) is 17.2. The molecule has 0 aliphatic carbocycles. The number of amides is 1. The third-order valence-electron chi connectivity index (χ3n) is 11.4. The fourth-order valence-electron chi connectivity index (χ4n) is 7.53. The molecule has 344 valence electrons. The maximum absolute atomic E-state index is 13.2. The molecule has 0 aromatic heterocycles. The summed E-state index contributed by atoms with van der Waals surface area (Å²) in [6, 6.07) is -0.718. The third-order valence-corrected chi connectivity index (χ3v) is 11.4. The number of carbonyl (C=O) groups is 2. The first-order valence-corrected chi connectivity index (χ1v) is 25.4. The summed E-state index contributed by atoms with van der Waals surface area (Å²) in [4.78, 5) is 26.0. The molecule has 3 N–H and O–H groups in total. The van der Waals surface area contributed by atoms with Crippen molar-refractivity contribution in [3.8, 4) is 0 Å². The zero-order chi connectivity index (χ0) is 43.1. The lowest BCUT2D eigenvalue weighted by Crippen LogP contribution is -2.46. The number of esters is 1. The van der Waals surface area contributed by atoms with Crippen LogP contribution in [0.1, 0.15) is 252 Å². The lowest BCUT2D eigenvalue weighted by atomic mass is 10.0. The average Bonchev–Trinajstić information content (AvgIpc) is 3.23. The van der Waals surface area contributed by atoms with E-state index in [9.17, 15) is 19.8 Å². The van der Waals surface area contributed by atoms with E-state index in [-0.39, 0.29) is 31.3 Å². The van der Waals surface area contributed by atoms with Crippen LogP contribution in [-0.2, 0) is 14.3 Å². The van der Waals surface area contributed by atoms with Gasteiger partial charge in [-0.05, 0) is 70.6 Å². The van der Waals surface area contributed by atoms with Gasteiger partial charge >= 0.3 is 5.97 Å². The zero-order valence-corrected chi connectivity index (χ0v) is 39.1. The van der Waals surface area contributed by atoms with Gasteiger partial charge in [-0.25, -0.2) is 0 Å². The highest BCUT2D eigenvalue weighted by Crippen LogP contribution is 2.17. The molecule has 3 unspecified atom stereocenters. The number of hydrogen-bond acceptors (Lipinski definition) is 5. The van der Waals surface area contributed by atoms with Gasteiger partial charge in [-0.15, -0.1) is 0 Å². The van der Waals surface area contributed by atoms with Gasteiger partial charge in [0.25, 0.3) is 0 Å². The van der Waals surface area contributed by atoms with E-state index in [2.05, 4.69) is 68.6 Å². The molecule has 0 fully saturated rings. The molecule has 6 heteroatoms. The third kappa shape index (κ3) is 42.3. The Hall–Kier alpha value is -2.18. The Morgan fingerprint density at radius 3 is 1.42 bits per heavy atom. The largest absolute Gasteiger partial charge is 0.462 e. The van der Waals surface area contributed by atoms with Crippen molar-refractivity contribution in [2.75, 3.05) is 6.61 Å². The minimum atomic E-state index is -0.801. The minimum absolute atomic E-state index is 0.0420. The maximum atomic E-state index is 13.2. The van der Waals surface area contributed by atoms with Gasteiger partial charge in [0.1, 0.15) is 6.10 Å². The van der Waals surface area contributed by atoms with Crippen molar-refractivity contribution < 1.29 is 24.5 Å². The summed E-state index contributed by atoms with van der Waals surface area (Å²) >= 11 is 0. The smallest absolute Gasteiger partial charge is 0.306 e. The quantitative estimate of drug-likeness (QED) is 0.0246. The molecule has 0 aromatic rings. The SMILES string of the molecule is CCCCC/C=C/C=C/CCCCCCC(CC(=O)NC(CO)C(O)CCCCCCCCCCCCCCCC)OC(=O)CC/C=C/C/C=C\CCCCCCCC. The molecule has 0 saturated heterocycles. The normalized spacial score (nSPS) is 13.6. The van der Waals surface area contributed by atoms with Crippen LogP contribution in [0.5, 0.6) is 0 Å². The Morgan fingerprint density at radius 2 is 0.915 bits per heavy atom. The maximum Gasteiger partial charge on any atom is 0.306 e. The molecule has 0 aromatic carbocycles. The molecule has 0 aliphatic rings. The second-order valence-electron chi connectivity index (χ2n) is 17.2. The van der Waals surface area contributed by atoms with E-state index >= 15 is 0 Å². The van der Waals surface area contributed by atoms with Crippen molar-refractivity contribution in [2.24, 2.45) is 0 Å². The minimum Gasteiger partial charge on any atom is -0.462 e. The first-order chi connectivity index (χ1) is 29.0. The fraction of sp³-hybridized carbons (Fsp3) is 0.811. The number of allylic oxidation sites excluding steroid dienone is 8. The lowest BCUT2D eigenvalue weighted by Gasteiger charge is -2.24. The average molecular weight is 828 g/mol. The molecule has 1 amide bonds. The van der Waals surface area contributed by atoms with E-state index in [0.717, 1.165) is 70.6 Å². The summed E-state index contributed by atoms with van der Waals surface area (Å²) in [5.74, 6) is -0.571. The Bertz CT molecular complexity index is 1020. The molecule has 3 atom stereocenters. The van der Waals surface area contributed by atoms with E-state index in [1.165, 1.54) is 128 Å². The van der Waals surface area contributed by atoms with E-state index in [0.29, 0.717) is 19.3 Å². The number of hydrogen-bond donors (Lipinski definition) is 3. The van der Waals surface area contributed by atoms with Gasteiger partial charge in [0, 0.05) is 6.42 Å². The van der Waals surface area contributed by atoms with E-state index < -0.39 is 18.2 Å². The standard InChI is InChI=1S/C53H97NO5/c1-4-7-10-13-16-19-22-25-28-30-33-36-39-42-45-51(56)50(48-55)54-52(57)47-49(44-41-38-35-32-29-26-23-20-17-14-11-8-5-2)59-53(58)46-43-40-37-34-31-27-24-21-18-15-12-9-6-3/h17,20,23,26-27,31,37,40,49-51,55-56H,4-16,18-19,21-22,24-25,28-30,32-36,38-39,41-48H2,1-3H3,(H,54,57)/b20-17+,26-23+,31-27-,40-37+. The summed E-state index contributed by atoms with van der Waals surface area (Å²) in [6.45, 7) is 6.43. The van der Waals surface area contributed by atoms with Gasteiger partial charge in [-0.3, -0.25) is 9.59 Å². The highest BCUT2D eigenvalue weighted by molar-refractivity contribution is 5.77. The number of aliphatic hydroxyl groups is 2. The van der Waals surface area contributed by atoms with E-state index in [4.69, 9.17) is 4.74 Å². The summed E-state index contributed by atoms with van der Waals surface area (Å²) in [5.41, 5.74) is 0. The summed E-state index contributed by atoms with van der Waals surface area (Å²) < 4.78 is 5.88. The predicted molar refractivity (Wildman–Crippen MR) is 255 cm³/mol. The van der Waals surface area contributed by atoms with E-state index in [1.807, 2.05) is 6.08 Å². The van der Waals surface area contributed by atoms with Crippen molar-refractivity contribution in [3.05, 3.63) is 48.6 Å². The zero-order valence-electron chi connectivity index (χ0n) is 39.1. The van der Waals surface area contributed by atoms with Crippen molar-refractivity contribution in [1.29, 1.82) is 0 Å². The molecule has 0 saturated carbocycles. The first-order valence-electron chi connectivity index (χ1n) is 25.4. The molecule has 0 bridgehead atoms.